The standard InChI is InChI=1S/C20H19FN8O2/c1-22-18-11-17(26-19-14(12-24-29(18)19)20(31)23-7-6-21)25-15-5-4-10-28(16(15)13-30)27-8-2-3-9-27/h2-5,8-12,22H,6-7H2,1H3,(H,23,31)(H,25,26). The number of carbonyl (C=O) groups excluding carboxylic acids is 2. The summed E-state index contributed by atoms with van der Waals surface area (Å²) >= 11 is 0. The Hall–Kier alpha value is -4.37. The number of aromatic nitrogens is 4. The van der Waals surface area contributed by atoms with Crippen LogP contribution in [0.4, 0.5) is 16.0 Å². The van der Waals surface area contributed by atoms with E-state index in [1.807, 2.05) is 18.1 Å². The molecule has 0 aliphatic carbocycles. The minimum atomic E-state index is -0.673. The molecule has 31 heavy (non-hydrogen) atoms. The third kappa shape index (κ3) is 3.77. The van der Waals surface area contributed by atoms with E-state index in [0.29, 0.717) is 17.3 Å². The first-order valence-corrected chi connectivity index (χ1v) is 9.40. The van der Waals surface area contributed by atoms with Crippen LogP contribution in [-0.2, 0) is 4.79 Å². The Morgan fingerprint density at radius 2 is 2.10 bits per heavy atom. The van der Waals surface area contributed by atoms with Crippen molar-refractivity contribution in [3.05, 3.63) is 72.1 Å². The minimum absolute atomic E-state index is 0.102. The van der Waals surface area contributed by atoms with E-state index in [4.69, 9.17) is 0 Å². The molecule has 0 unspecified atom stereocenters. The van der Waals surface area contributed by atoms with Gasteiger partial charge < -0.3 is 16.0 Å². The molecule has 4 rings (SSSR count). The molecule has 1 aliphatic rings. The van der Waals surface area contributed by atoms with Crippen LogP contribution in [-0.4, -0.2) is 51.4 Å². The van der Waals surface area contributed by atoms with Crippen molar-refractivity contribution in [1.29, 1.82) is 0 Å². The van der Waals surface area contributed by atoms with Crippen LogP contribution in [0.25, 0.3) is 5.65 Å². The summed E-state index contributed by atoms with van der Waals surface area (Å²) in [6.45, 7) is -0.776. The van der Waals surface area contributed by atoms with Gasteiger partial charge >= 0.3 is 0 Å². The lowest BCUT2D eigenvalue weighted by molar-refractivity contribution is 0.0952. The van der Waals surface area contributed by atoms with Crippen LogP contribution in [0.3, 0.4) is 0 Å². The number of nitrogens with one attached hydrogen (secondary N) is 3. The number of halogens is 1. The lowest BCUT2D eigenvalue weighted by Crippen LogP contribution is -2.31. The number of rotatable bonds is 7. The number of anilines is 2. The first-order valence-electron chi connectivity index (χ1n) is 9.40. The smallest absolute Gasteiger partial charge is 0.256 e. The number of alkyl halides is 1. The lowest BCUT2D eigenvalue weighted by atomic mass is 10.2. The SMILES string of the molecule is CNc1cc(NC2=CC=CN(n3cccc3)C2=C=O)nc2c(C(=O)NCCF)cnn12. The van der Waals surface area contributed by atoms with Crippen LogP contribution >= 0.6 is 0 Å². The highest BCUT2D eigenvalue weighted by Gasteiger charge is 2.21. The summed E-state index contributed by atoms with van der Waals surface area (Å²) in [4.78, 5) is 28.6. The summed E-state index contributed by atoms with van der Waals surface area (Å²) in [6.07, 6.45) is 10.2. The Morgan fingerprint density at radius 1 is 1.29 bits per heavy atom. The van der Waals surface area contributed by atoms with Gasteiger partial charge in [0.2, 0.25) is 0 Å². The second-order valence-electron chi connectivity index (χ2n) is 6.42. The first-order chi connectivity index (χ1) is 15.2. The van der Waals surface area contributed by atoms with Crippen LogP contribution in [0.5, 0.6) is 0 Å². The van der Waals surface area contributed by atoms with E-state index in [9.17, 15) is 14.0 Å². The van der Waals surface area contributed by atoms with E-state index >= 15 is 0 Å². The van der Waals surface area contributed by atoms with Crippen molar-refractivity contribution in [2.24, 2.45) is 0 Å². The van der Waals surface area contributed by atoms with Crippen LogP contribution in [0.1, 0.15) is 10.4 Å². The lowest BCUT2D eigenvalue weighted by Gasteiger charge is -2.26. The molecule has 0 aromatic carbocycles. The van der Waals surface area contributed by atoms with Crippen molar-refractivity contribution >= 4 is 29.1 Å². The summed E-state index contributed by atoms with van der Waals surface area (Å²) in [7, 11) is 1.70. The molecular weight excluding hydrogens is 403 g/mol. The minimum Gasteiger partial charge on any atom is -0.373 e. The van der Waals surface area contributed by atoms with Gasteiger partial charge in [0.25, 0.3) is 5.91 Å². The molecule has 0 spiro atoms. The van der Waals surface area contributed by atoms with Gasteiger partial charge in [0.1, 0.15) is 23.9 Å². The van der Waals surface area contributed by atoms with E-state index < -0.39 is 12.6 Å². The van der Waals surface area contributed by atoms with Gasteiger partial charge in [0.15, 0.2) is 17.3 Å². The molecule has 158 valence electrons. The maximum Gasteiger partial charge on any atom is 0.256 e. The Balaban J connectivity index is 1.69. The first kappa shape index (κ1) is 19.9. The van der Waals surface area contributed by atoms with Gasteiger partial charge in [-0.1, -0.05) is 0 Å². The van der Waals surface area contributed by atoms with E-state index in [1.165, 1.54) is 10.7 Å². The van der Waals surface area contributed by atoms with Gasteiger partial charge in [0.05, 0.1) is 11.9 Å². The zero-order chi connectivity index (χ0) is 21.8. The quantitative estimate of drug-likeness (QED) is 0.495. The molecule has 10 nitrogen and oxygen atoms in total. The molecule has 0 bridgehead atoms. The van der Waals surface area contributed by atoms with Crippen molar-refractivity contribution in [1.82, 2.24) is 24.6 Å². The van der Waals surface area contributed by atoms with Crippen molar-refractivity contribution in [2.45, 2.75) is 0 Å². The number of carbonyl (C=O) groups is 1. The molecule has 3 aromatic rings. The third-order valence-corrected chi connectivity index (χ3v) is 4.52. The summed E-state index contributed by atoms with van der Waals surface area (Å²) in [5.74, 6) is 2.41. The normalized spacial score (nSPS) is 13.2. The maximum absolute atomic E-state index is 12.4. The van der Waals surface area contributed by atoms with Crippen LogP contribution < -0.4 is 21.0 Å². The van der Waals surface area contributed by atoms with E-state index in [-0.39, 0.29) is 23.5 Å². The molecule has 1 amide bonds. The zero-order valence-electron chi connectivity index (χ0n) is 16.5. The number of fused-ring (bicyclic) bond motifs is 1. The molecule has 0 saturated heterocycles. The molecule has 0 atom stereocenters. The molecule has 3 N–H and O–H groups in total. The molecule has 0 fully saturated rings. The Bertz CT molecular complexity index is 1220. The predicted molar refractivity (Wildman–Crippen MR) is 114 cm³/mol. The average molecular weight is 422 g/mol. The van der Waals surface area contributed by atoms with E-state index in [0.717, 1.165) is 0 Å². The number of allylic oxidation sites excluding steroid dienone is 2. The van der Waals surface area contributed by atoms with Crippen molar-refractivity contribution in [3.63, 3.8) is 0 Å². The van der Waals surface area contributed by atoms with Gasteiger partial charge in [-0.2, -0.15) is 9.61 Å². The van der Waals surface area contributed by atoms with Crippen molar-refractivity contribution < 1.29 is 14.0 Å². The fourth-order valence-corrected chi connectivity index (χ4v) is 3.12. The average Bonchev–Trinajstić information content (AvgIpc) is 3.47. The van der Waals surface area contributed by atoms with Gasteiger partial charge in [-0.3, -0.25) is 9.47 Å². The third-order valence-electron chi connectivity index (χ3n) is 4.52. The number of nitrogens with zero attached hydrogens (tertiary/aromatic N) is 5. The maximum atomic E-state index is 12.4. The van der Waals surface area contributed by atoms with Crippen LogP contribution in [0.2, 0.25) is 0 Å². The van der Waals surface area contributed by atoms with Gasteiger partial charge in [-0.25, -0.2) is 19.2 Å². The molecule has 4 heterocycles. The predicted octanol–water partition coefficient (Wildman–Crippen LogP) is 1.45. The van der Waals surface area contributed by atoms with Gasteiger partial charge in [-0.05, 0) is 24.3 Å². The summed E-state index contributed by atoms with van der Waals surface area (Å²) in [5.41, 5.74) is 1.19. The van der Waals surface area contributed by atoms with Crippen LogP contribution in [0.15, 0.2) is 66.5 Å². The topological polar surface area (TPSA) is 109 Å². The number of amides is 1. The van der Waals surface area contributed by atoms with Gasteiger partial charge in [-0.15, -0.1) is 0 Å². The monoisotopic (exact) mass is 422 g/mol. The molecule has 1 aliphatic heterocycles. The molecule has 11 heteroatoms. The largest absolute Gasteiger partial charge is 0.373 e. The molecule has 0 radical (unpaired) electrons. The van der Waals surface area contributed by atoms with Crippen molar-refractivity contribution in [2.75, 3.05) is 35.9 Å². The van der Waals surface area contributed by atoms with Crippen LogP contribution in [0, 0.1) is 0 Å². The Kier molecular flexibility index (Phi) is 5.50. The highest BCUT2D eigenvalue weighted by atomic mass is 19.1. The molecule has 3 aromatic heterocycles. The zero-order valence-corrected chi connectivity index (χ0v) is 16.5. The highest BCUT2D eigenvalue weighted by Crippen LogP contribution is 2.23. The van der Waals surface area contributed by atoms with E-state index in [1.54, 1.807) is 53.5 Å². The van der Waals surface area contributed by atoms with E-state index in [2.05, 4.69) is 26.0 Å². The number of hydrogen-bond acceptors (Lipinski definition) is 7. The highest BCUT2D eigenvalue weighted by molar-refractivity contribution is 6.00. The Labute approximate surface area is 176 Å². The summed E-state index contributed by atoms with van der Waals surface area (Å²) < 4.78 is 15.6. The van der Waals surface area contributed by atoms with Crippen molar-refractivity contribution in [3.8, 4) is 0 Å². The fourth-order valence-electron chi connectivity index (χ4n) is 3.12. The van der Waals surface area contributed by atoms with Gasteiger partial charge in [0, 0.05) is 38.3 Å². The Morgan fingerprint density at radius 3 is 2.81 bits per heavy atom. The molecular formula is C20H19FN8O2. The summed E-state index contributed by atoms with van der Waals surface area (Å²) in [5, 5.41) is 14.4. The molecule has 0 saturated carbocycles. The second kappa shape index (κ2) is 8.56. The summed E-state index contributed by atoms with van der Waals surface area (Å²) in [6, 6.07) is 5.36. The fraction of sp³-hybridized carbons (Fsp3) is 0.150. The number of hydrogen-bond donors (Lipinski definition) is 3. The second-order valence-corrected chi connectivity index (χ2v) is 6.42.